The van der Waals surface area contributed by atoms with Crippen LogP contribution in [0, 0.1) is 0 Å². The molecule has 0 bridgehead atoms. The van der Waals surface area contributed by atoms with Gasteiger partial charge in [0.1, 0.15) is 24.5 Å². The van der Waals surface area contributed by atoms with E-state index in [9.17, 15) is 9.90 Å². The molecule has 0 spiro atoms. The highest BCUT2D eigenvalue weighted by Gasteiger charge is 2.26. The molecule has 4 aromatic rings. The van der Waals surface area contributed by atoms with Gasteiger partial charge in [-0.3, -0.25) is 4.79 Å². The molecule has 2 aromatic heterocycles. The van der Waals surface area contributed by atoms with Gasteiger partial charge in [-0.25, -0.2) is 9.97 Å². The van der Waals surface area contributed by atoms with Gasteiger partial charge in [-0.2, -0.15) is 0 Å². The van der Waals surface area contributed by atoms with Gasteiger partial charge >= 0.3 is 0 Å². The Hall–Kier alpha value is -3.28. The first kappa shape index (κ1) is 30.2. The van der Waals surface area contributed by atoms with Crippen molar-refractivity contribution >= 4 is 53.7 Å². The van der Waals surface area contributed by atoms with Crippen molar-refractivity contribution in [1.29, 1.82) is 0 Å². The number of aliphatic hydroxyl groups excluding tert-OH is 1. The number of ketones is 1. The lowest BCUT2D eigenvalue weighted by atomic mass is 10.0. The fourth-order valence-electron chi connectivity index (χ4n) is 4.91. The highest BCUT2D eigenvalue weighted by Crippen LogP contribution is 2.32. The van der Waals surface area contributed by atoms with E-state index in [2.05, 4.69) is 40.2 Å². The standard InChI is InChI=1S/C31H38ClN5O4Si/c1-42(2,3)14-13-40-20-37-16-26(28-30(33-19-34-31(28)37)36-23-9-11-24(17-38)41-18-23)29(39)25-12-10-22(15-27(25)32)35-21-7-5-4-6-8-21/h4-8,10,12,15-16,19,23-24,35,38H,9,11,13-14,17-18,20H2,1-3H3,(H,33,34,36)/t23?,24-/m0/s1. The van der Waals surface area contributed by atoms with Crippen molar-refractivity contribution in [2.45, 2.75) is 57.4 Å². The highest BCUT2D eigenvalue weighted by molar-refractivity contribution is 6.76. The lowest BCUT2D eigenvalue weighted by molar-refractivity contribution is -0.0224. The molecule has 11 heteroatoms. The average Bonchev–Trinajstić information content (AvgIpc) is 3.35. The predicted molar refractivity (Wildman–Crippen MR) is 170 cm³/mol. The molecule has 3 N–H and O–H groups in total. The van der Waals surface area contributed by atoms with E-state index in [0.29, 0.717) is 46.2 Å². The molecule has 9 nitrogen and oxygen atoms in total. The van der Waals surface area contributed by atoms with E-state index in [0.717, 1.165) is 30.3 Å². The summed E-state index contributed by atoms with van der Waals surface area (Å²) in [7, 11) is -1.25. The van der Waals surface area contributed by atoms with Gasteiger partial charge < -0.3 is 29.8 Å². The number of carbonyl (C=O) groups excluding carboxylic acids is 1. The minimum absolute atomic E-state index is 0.00406. The Bertz CT molecular complexity index is 1520. The molecular weight excluding hydrogens is 570 g/mol. The molecule has 1 unspecified atom stereocenters. The maximum Gasteiger partial charge on any atom is 0.196 e. The molecule has 1 saturated heterocycles. The van der Waals surface area contributed by atoms with E-state index >= 15 is 0 Å². The molecule has 222 valence electrons. The van der Waals surface area contributed by atoms with E-state index in [4.69, 9.17) is 21.1 Å². The number of hydrogen-bond donors (Lipinski definition) is 3. The molecular formula is C31H38ClN5O4Si. The summed E-state index contributed by atoms with van der Waals surface area (Å²) >= 11 is 6.69. The minimum atomic E-state index is -1.25. The summed E-state index contributed by atoms with van der Waals surface area (Å²) in [6.07, 6.45) is 4.67. The molecule has 3 heterocycles. The number of anilines is 3. The number of nitrogens with zero attached hydrogens (tertiary/aromatic N) is 3. The van der Waals surface area contributed by atoms with Gasteiger partial charge in [0, 0.05) is 37.8 Å². The lowest BCUT2D eigenvalue weighted by Gasteiger charge is -2.29. The Balaban J connectivity index is 1.45. The van der Waals surface area contributed by atoms with Gasteiger partial charge in [-0.15, -0.1) is 0 Å². The Morgan fingerprint density at radius 3 is 2.62 bits per heavy atom. The second-order valence-electron chi connectivity index (χ2n) is 11.9. The van der Waals surface area contributed by atoms with Crippen LogP contribution >= 0.6 is 11.6 Å². The highest BCUT2D eigenvalue weighted by atomic mass is 35.5. The number of aliphatic hydroxyl groups is 1. The van der Waals surface area contributed by atoms with Crippen LogP contribution in [0.2, 0.25) is 30.7 Å². The third-order valence-corrected chi connectivity index (χ3v) is 9.33. The fourth-order valence-corrected chi connectivity index (χ4v) is 5.94. The molecule has 1 aliphatic rings. The average molecular weight is 608 g/mol. The van der Waals surface area contributed by atoms with Crippen LogP contribution in [-0.4, -0.2) is 65.5 Å². The Kier molecular flexibility index (Phi) is 9.59. The minimum Gasteiger partial charge on any atom is -0.394 e. The van der Waals surface area contributed by atoms with E-state index in [1.165, 1.54) is 6.33 Å². The predicted octanol–water partition coefficient (Wildman–Crippen LogP) is 6.32. The van der Waals surface area contributed by atoms with Gasteiger partial charge in [-0.1, -0.05) is 49.4 Å². The number of rotatable bonds is 12. The van der Waals surface area contributed by atoms with Crippen LogP contribution in [-0.2, 0) is 16.2 Å². The fraction of sp³-hybridized carbons (Fsp3) is 0.387. The number of ether oxygens (including phenoxy) is 2. The molecule has 0 radical (unpaired) electrons. The number of halogens is 1. The van der Waals surface area contributed by atoms with Gasteiger partial charge in [0.05, 0.1) is 41.3 Å². The molecule has 1 fully saturated rings. The van der Waals surface area contributed by atoms with Crippen molar-refractivity contribution in [2.24, 2.45) is 0 Å². The zero-order valence-electron chi connectivity index (χ0n) is 24.3. The Labute approximate surface area is 252 Å². The molecule has 0 amide bonds. The summed E-state index contributed by atoms with van der Waals surface area (Å²) in [5.41, 5.74) is 3.14. The smallest absolute Gasteiger partial charge is 0.196 e. The molecule has 0 saturated carbocycles. The second-order valence-corrected chi connectivity index (χ2v) is 17.9. The van der Waals surface area contributed by atoms with Crippen LogP contribution in [0.4, 0.5) is 17.2 Å². The lowest BCUT2D eigenvalue weighted by Crippen LogP contribution is -2.36. The van der Waals surface area contributed by atoms with E-state index in [1.54, 1.807) is 18.3 Å². The number of carbonyl (C=O) groups is 1. The SMILES string of the molecule is C[Si](C)(C)CCOCn1cc(C(=O)c2ccc(Nc3ccccc3)cc2Cl)c2c(NC3CC[C@@H](CO)OC3)ncnc21. The molecule has 5 rings (SSSR count). The largest absolute Gasteiger partial charge is 0.394 e. The quantitative estimate of drug-likeness (QED) is 0.0974. The van der Waals surface area contributed by atoms with Gasteiger partial charge in [0.25, 0.3) is 0 Å². The van der Waals surface area contributed by atoms with Crippen LogP contribution in [0.15, 0.2) is 61.1 Å². The zero-order chi connectivity index (χ0) is 29.7. The summed E-state index contributed by atoms with van der Waals surface area (Å²) in [5.74, 6) is 0.328. The number of benzene rings is 2. The van der Waals surface area contributed by atoms with Crippen molar-refractivity contribution < 1.29 is 19.4 Å². The molecule has 2 aromatic carbocycles. The first-order chi connectivity index (χ1) is 20.2. The number of hydrogen-bond acceptors (Lipinski definition) is 8. The van der Waals surface area contributed by atoms with Gasteiger partial charge in [0.2, 0.25) is 0 Å². The topological polar surface area (TPSA) is 111 Å². The third-order valence-electron chi connectivity index (χ3n) is 7.32. The Morgan fingerprint density at radius 1 is 1.12 bits per heavy atom. The monoisotopic (exact) mass is 607 g/mol. The van der Waals surface area contributed by atoms with Gasteiger partial charge in [0.15, 0.2) is 5.78 Å². The zero-order valence-corrected chi connectivity index (χ0v) is 26.0. The van der Waals surface area contributed by atoms with Crippen LogP contribution < -0.4 is 10.6 Å². The van der Waals surface area contributed by atoms with Crippen LogP contribution in [0.3, 0.4) is 0 Å². The summed E-state index contributed by atoms with van der Waals surface area (Å²) in [4.78, 5) is 23.1. The first-order valence-corrected chi connectivity index (χ1v) is 18.4. The normalized spacial score (nSPS) is 17.4. The maximum atomic E-state index is 14.1. The number of nitrogens with one attached hydrogen (secondary N) is 2. The maximum absolute atomic E-state index is 14.1. The second kappa shape index (κ2) is 13.3. The number of fused-ring (bicyclic) bond motifs is 1. The van der Waals surface area contributed by atoms with Crippen molar-refractivity contribution in [1.82, 2.24) is 14.5 Å². The van der Waals surface area contributed by atoms with Crippen LogP contribution in [0.5, 0.6) is 0 Å². The summed E-state index contributed by atoms with van der Waals surface area (Å²) < 4.78 is 13.7. The van der Waals surface area contributed by atoms with Crippen LogP contribution in [0.1, 0.15) is 28.8 Å². The van der Waals surface area contributed by atoms with Crippen molar-refractivity contribution in [3.8, 4) is 0 Å². The van der Waals surface area contributed by atoms with Crippen molar-refractivity contribution in [2.75, 3.05) is 30.5 Å². The van der Waals surface area contributed by atoms with Crippen molar-refractivity contribution in [3.05, 3.63) is 77.2 Å². The van der Waals surface area contributed by atoms with Crippen LogP contribution in [0.25, 0.3) is 11.0 Å². The molecule has 1 aliphatic heterocycles. The third kappa shape index (κ3) is 7.37. The van der Waals surface area contributed by atoms with Crippen molar-refractivity contribution in [3.63, 3.8) is 0 Å². The molecule has 2 atom stereocenters. The number of aromatic nitrogens is 3. The van der Waals surface area contributed by atoms with E-state index in [-0.39, 0.29) is 31.3 Å². The first-order valence-electron chi connectivity index (χ1n) is 14.3. The van der Waals surface area contributed by atoms with Gasteiger partial charge in [-0.05, 0) is 49.2 Å². The summed E-state index contributed by atoms with van der Waals surface area (Å²) in [6, 6.07) is 16.1. The molecule has 0 aliphatic carbocycles. The van der Waals surface area contributed by atoms with E-state index < -0.39 is 8.07 Å². The summed E-state index contributed by atoms with van der Waals surface area (Å²) in [6.45, 7) is 8.28. The van der Waals surface area contributed by atoms with E-state index in [1.807, 2.05) is 41.0 Å². The molecule has 42 heavy (non-hydrogen) atoms. The Morgan fingerprint density at radius 2 is 1.93 bits per heavy atom. The summed E-state index contributed by atoms with van der Waals surface area (Å²) in [5, 5.41) is 17.2. The number of para-hydroxylation sites is 1.